The Balaban J connectivity index is 1.68. The molecule has 1 atom stereocenters. The summed E-state index contributed by atoms with van der Waals surface area (Å²) in [5.41, 5.74) is 7.83. The number of anilines is 2. The fourth-order valence-corrected chi connectivity index (χ4v) is 3.68. The average molecular weight is 370 g/mol. The van der Waals surface area contributed by atoms with Crippen LogP contribution in [0.5, 0.6) is 0 Å². The number of aromatic nitrogens is 3. The van der Waals surface area contributed by atoms with Gasteiger partial charge in [-0.1, -0.05) is 6.07 Å². The van der Waals surface area contributed by atoms with Crippen molar-refractivity contribution in [2.75, 3.05) is 24.1 Å². The summed E-state index contributed by atoms with van der Waals surface area (Å²) in [5, 5.41) is 13.3. The van der Waals surface area contributed by atoms with Crippen molar-refractivity contribution in [2.24, 2.45) is 0 Å². The molecule has 4 rings (SSSR count). The van der Waals surface area contributed by atoms with Crippen molar-refractivity contribution < 1.29 is 9.90 Å². The monoisotopic (exact) mass is 370 g/mol. The lowest BCUT2D eigenvalue weighted by molar-refractivity contribution is 0.00567. The number of carbonyl (C=O) groups is 1. The van der Waals surface area contributed by atoms with Gasteiger partial charge in [0.05, 0.1) is 27.4 Å². The van der Waals surface area contributed by atoms with Crippen LogP contribution in [0.25, 0.3) is 10.2 Å². The Hall–Kier alpha value is -2.78. The van der Waals surface area contributed by atoms with E-state index in [9.17, 15) is 9.90 Å². The number of hydrogen-bond donors (Lipinski definition) is 3. The molecule has 134 valence electrons. The number of nitrogens with one attached hydrogen (secondary N) is 1. The molecular formula is C17H18N6O2S. The number of nitrogens with two attached hydrogens (primary N) is 1. The molecule has 0 unspecified atom stereocenters. The zero-order valence-electron chi connectivity index (χ0n) is 14.1. The summed E-state index contributed by atoms with van der Waals surface area (Å²) in [7, 11) is 0. The number of fused-ring (bicyclic) bond motifs is 1. The van der Waals surface area contributed by atoms with Gasteiger partial charge >= 0.3 is 0 Å². The van der Waals surface area contributed by atoms with E-state index < -0.39 is 6.10 Å². The molecule has 0 spiro atoms. The summed E-state index contributed by atoms with van der Waals surface area (Å²) in [6.45, 7) is 2.61. The van der Waals surface area contributed by atoms with Crippen molar-refractivity contribution in [1.82, 2.24) is 19.9 Å². The topological polar surface area (TPSA) is 117 Å². The average Bonchev–Trinajstić information content (AvgIpc) is 2.98. The highest BCUT2D eigenvalue weighted by molar-refractivity contribution is 7.22. The number of aliphatic hydroxyl groups is 1. The quantitative estimate of drug-likeness (QED) is 0.639. The van der Waals surface area contributed by atoms with E-state index in [1.807, 2.05) is 19.1 Å². The lowest BCUT2D eigenvalue weighted by atomic mass is 10.1. The molecular weight excluding hydrogens is 352 g/mol. The van der Waals surface area contributed by atoms with Gasteiger partial charge in [0.25, 0.3) is 5.91 Å². The minimum absolute atomic E-state index is 0.0779. The zero-order valence-corrected chi connectivity index (χ0v) is 14.9. The van der Waals surface area contributed by atoms with Crippen LogP contribution in [-0.2, 0) is 0 Å². The first kappa shape index (κ1) is 16.7. The summed E-state index contributed by atoms with van der Waals surface area (Å²) >= 11 is 1.29. The van der Waals surface area contributed by atoms with Crippen LogP contribution in [0.1, 0.15) is 29.0 Å². The van der Waals surface area contributed by atoms with E-state index in [1.165, 1.54) is 11.3 Å². The lowest BCUT2D eigenvalue weighted by Gasteiger charge is -2.35. The molecule has 3 aromatic rings. The highest BCUT2D eigenvalue weighted by Crippen LogP contribution is 2.31. The number of aliphatic hydroxyl groups excluding tert-OH is 1. The summed E-state index contributed by atoms with van der Waals surface area (Å²) < 4.78 is 0.661. The molecule has 1 amide bonds. The first-order valence-corrected chi connectivity index (χ1v) is 9.04. The molecule has 3 aromatic heterocycles. The standard InChI is InChI=1S/C17H18N6O2S/c1-9(10-3-2-4-19-6-10)20-17-21-12-5-13(18)26-15(12)14(22-17)16(25)23-7-11(24)8-23/h2-6,9,11,24H,7-8,18H2,1H3,(H,20,21,22)/t9-/m0/s1. The molecule has 1 aliphatic heterocycles. The Kier molecular flexibility index (Phi) is 4.17. The fourth-order valence-electron chi connectivity index (χ4n) is 2.84. The van der Waals surface area contributed by atoms with Crippen LogP contribution in [0.3, 0.4) is 0 Å². The predicted octanol–water partition coefficient (Wildman–Crippen LogP) is 1.66. The van der Waals surface area contributed by atoms with Crippen LogP contribution in [0.2, 0.25) is 0 Å². The van der Waals surface area contributed by atoms with Gasteiger partial charge in [0.15, 0.2) is 5.69 Å². The molecule has 8 nitrogen and oxygen atoms in total. The van der Waals surface area contributed by atoms with Crippen LogP contribution in [0, 0.1) is 0 Å². The summed E-state index contributed by atoms with van der Waals surface area (Å²) in [5.74, 6) is 0.137. The van der Waals surface area contributed by atoms with Crippen molar-refractivity contribution in [2.45, 2.75) is 19.1 Å². The molecule has 0 bridgehead atoms. The third kappa shape index (κ3) is 3.06. The number of thiophene rings is 1. The summed E-state index contributed by atoms with van der Waals surface area (Å²) in [4.78, 5) is 27.4. The number of likely N-dealkylation sites (tertiary alicyclic amines) is 1. The summed E-state index contributed by atoms with van der Waals surface area (Å²) in [6, 6.07) is 5.48. The molecule has 0 aromatic carbocycles. The molecule has 0 saturated carbocycles. The maximum atomic E-state index is 12.8. The first-order chi connectivity index (χ1) is 12.5. The number of hydrogen-bond acceptors (Lipinski definition) is 8. The number of nitrogen functional groups attached to an aromatic ring is 1. The molecule has 9 heteroatoms. The van der Waals surface area contributed by atoms with E-state index in [2.05, 4.69) is 20.3 Å². The van der Waals surface area contributed by atoms with Crippen LogP contribution in [0.4, 0.5) is 10.9 Å². The van der Waals surface area contributed by atoms with E-state index in [-0.39, 0.29) is 11.9 Å². The van der Waals surface area contributed by atoms with Crippen molar-refractivity contribution in [3.8, 4) is 0 Å². The lowest BCUT2D eigenvalue weighted by Crippen LogP contribution is -2.53. The Labute approximate surface area is 153 Å². The van der Waals surface area contributed by atoms with Crippen LogP contribution >= 0.6 is 11.3 Å². The smallest absolute Gasteiger partial charge is 0.274 e. The van der Waals surface area contributed by atoms with Gasteiger partial charge in [-0.15, -0.1) is 11.3 Å². The molecule has 4 heterocycles. The number of nitrogens with zero attached hydrogens (tertiary/aromatic N) is 4. The van der Waals surface area contributed by atoms with Gasteiger partial charge in [0.1, 0.15) is 0 Å². The minimum Gasteiger partial charge on any atom is -0.391 e. The Morgan fingerprint density at radius 3 is 2.96 bits per heavy atom. The fraction of sp³-hybridized carbons (Fsp3) is 0.294. The van der Waals surface area contributed by atoms with E-state index in [1.54, 1.807) is 23.4 Å². The van der Waals surface area contributed by atoms with Crippen molar-refractivity contribution in [3.63, 3.8) is 0 Å². The summed E-state index contributed by atoms with van der Waals surface area (Å²) in [6.07, 6.45) is 3.02. The van der Waals surface area contributed by atoms with Crippen molar-refractivity contribution >= 4 is 38.4 Å². The highest BCUT2D eigenvalue weighted by Gasteiger charge is 2.32. The van der Waals surface area contributed by atoms with Gasteiger partial charge in [0, 0.05) is 25.5 Å². The molecule has 1 aliphatic rings. The van der Waals surface area contributed by atoms with Crippen LogP contribution in [-0.4, -0.2) is 50.1 Å². The SMILES string of the molecule is C[C@H](Nc1nc(C(=O)N2CC(O)C2)c2sc(N)cc2n1)c1cccnc1. The Bertz CT molecular complexity index is 955. The van der Waals surface area contributed by atoms with Crippen molar-refractivity contribution in [3.05, 3.63) is 41.9 Å². The van der Waals surface area contributed by atoms with Gasteiger partial charge in [0.2, 0.25) is 5.95 Å². The second-order valence-electron chi connectivity index (χ2n) is 6.28. The van der Waals surface area contributed by atoms with E-state index in [0.717, 1.165) is 5.56 Å². The third-order valence-electron chi connectivity index (χ3n) is 4.27. The second kappa shape index (κ2) is 6.50. The Morgan fingerprint density at radius 2 is 2.27 bits per heavy atom. The van der Waals surface area contributed by atoms with Crippen LogP contribution < -0.4 is 11.1 Å². The normalized spacial score (nSPS) is 15.7. The second-order valence-corrected chi connectivity index (χ2v) is 7.36. The van der Waals surface area contributed by atoms with Gasteiger partial charge < -0.3 is 21.1 Å². The third-order valence-corrected chi connectivity index (χ3v) is 5.23. The number of rotatable bonds is 4. The Morgan fingerprint density at radius 1 is 1.46 bits per heavy atom. The van der Waals surface area contributed by atoms with E-state index in [0.29, 0.717) is 39.9 Å². The molecule has 1 fully saturated rings. The highest BCUT2D eigenvalue weighted by atomic mass is 32.1. The molecule has 0 aliphatic carbocycles. The van der Waals surface area contributed by atoms with Gasteiger partial charge in [-0.25, -0.2) is 9.97 Å². The molecule has 26 heavy (non-hydrogen) atoms. The van der Waals surface area contributed by atoms with E-state index in [4.69, 9.17) is 5.73 Å². The number of pyridine rings is 1. The molecule has 4 N–H and O–H groups in total. The number of β-amino-alcohol motifs (C(OH)–C–C–N with tert-alkyl or cyclic N) is 1. The molecule has 0 radical (unpaired) electrons. The largest absolute Gasteiger partial charge is 0.391 e. The maximum absolute atomic E-state index is 12.8. The van der Waals surface area contributed by atoms with Gasteiger partial charge in [-0.05, 0) is 24.6 Å². The zero-order chi connectivity index (χ0) is 18.3. The first-order valence-electron chi connectivity index (χ1n) is 8.22. The van der Waals surface area contributed by atoms with Crippen molar-refractivity contribution in [1.29, 1.82) is 0 Å². The van der Waals surface area contributed by atoms with Gasteiger partial charge in [-0.2, -0.15) is 0 Å². The minimum atomic E-state index is -0.465. The number of amides is 1. The predicted molar refractivity (Wildman–Crippen MR) is 100 cm³/mol. The molecule has 1 saturated heterocycles. The van der Waals surface area contributed by atoms with Gasteiger partial charge in [-0.3, -0.25) is 9.78 Å². The van der Waals surface area contributed by atoms with Crippen LogP contribution in [0.15, 0.2) is 30.6 Å². The maximum Gasteiger partial charge on any atom is 0.274 e. The van der Waals surface area contributed by atoms with E-state index >= 15 is 0 Å². The number of carbonyl (C=O) groups excluding carboxylic acids is 1.